The van der Waals surface area contributed by atoms with E-state index in [0.29, 0.717) is 0 Å². The van der Waals surface area contributed by atoms with E-state index in [0.717, 1.165) is 22.5 Å². The molecule has 2 aromatic carbocycles. The monoisotopic (exact) mass is 292 g/mol. The second-order valence-electron chi connectivity index (χ2n) is 5.10. The fourth-order valence-corrected chi connectivity index (χ4v) is 2.46. The van der Waals surface area contributed by atoms with Gasteiger partial charge in [0.25, 0.3) is 0 Å². The molecule has 0 saturated carbocycles. The zero-order valence-electron chi connectivity index (χ0n) is 12.2. The number of carboxylic acid groups (broad SMARTS) is 1. The third kappa shape index (κ3) is 2.51. The van der Waals surface area contributed by atoms with Gasteiger partial charge < -0.3 is 9.67 Å². The Hall–Kier alpha value is -2.88. The van der Waals surface area contributed by atoms with Crippen LogP contribution in [0.4, 0.5) is 0 Å². The number of nitrogens with zero attached hydrogens (tertiary/aromatic N) is 2. The van der Waals surface area contributed by atoms with Gasteiger partial charge in [0.1, 0.15) is 6.04 Å². The van der Waals surface area contributed by atoms with Crippen LogP contribution in [-0.2, 0) is 4.79 Å². The van der Waals surface area contributed by atoms with Gasteiger partial charge in [-0.3, -0.25) is 0 Å². The number of carboxylic acids is 1. The van der Waals surface area contributed by atoms with Gasteiger partial charge in [0.2, 0.25) is 0 Å². The molecule has 0 saturated heterocycles. The summed E-state index contributed by atoms with van der Waals surface area (Å²) >= 11 is 0. The summed E-state index contributed by atoms with van der Waals surface area (Å²) in [5, 5.41) is 9.34. The summed E-state index contributed by atoms with van der Waals surface area (Å²) < 4.78 is 1.71. The highest BCUT2D eigenvalue weighted by atomic mass is 16.4. The highest BCUT2D eigenvalue weighted by Crippen LogP contribution is 2.33. The minimum absolute atomic E-state index is 0.680. The number of imidazole rings is 1. The molecule has 0 aliphatic heterocycles. The van der Waals surface area contributed by atoms with Crippen molar-refractivity contribution in [2.45, 2.75) is 13.0 Å². The van der Waals surface area contributed by atoms with Crippen molar-refractivity contribution in [2.24, 2.45) is 0 Å². The van der Waals surface area contributed by atoms with Gasteiger partial charge in [-0.15, -0.1) is 0 Å². The molecule has 4 nitrogen and oxygen atoms in total. The van der Waals surface area contributed by atoms with Crippen molar-refractivity contribution < 1.29 is 9.90 Å². The lowest BCUT2D eigenvalue weighted by atomic mass is 10.0. The SMILES string of the molecule is C[C@H](C(=O)O)n1cnc(-c2ccccc2)c1-c1ccccc1. The molecule has 0 bridgehead atoms. The van der Waals surface area contributed by atoms with E-state index in [1.807, 2.05) is 60.7 Å². The summed E-state index contributed by atoms with van der Waals surface area (Å²) in [7, 11) is 0. The molecule has 0 unspecified atom stereocenters. The standard InChI is InChI=1S/C18H16N2O2/c1-13(18(21)22)20-12-19-16(14-8-4-2-5-9-14)17(20)15-10-6-3-7-11-15/h2-13H,1H3,(H,21,22)/t13-/m1/s1. The summed E-state index contributed by atoms with van der Waals surface area (Å²) in [4.78, 5) is 15.8. The molecule has 22 heavy (non-hydrogen) atoms. The first-order valence-corrected chi connectivity index (χ1v) is 7.09. The van der Waals surface area contributed by atoms with Crippen LogP contribution in [0.15, 0.2) is 67.0 Å². The highest BCUT2D eigenvalue weighted by molar-refractivity contribution is 5.81. The first-order valence-electron chi connectivity index (χ1n) is 7.09. The molecule has 1 atom stereocenters. The molecule has 110 valence electrons. The normalized spacial score (nSPS) is 12.0. The predicted molar refractivity (Wildman–Crippen MR) is 85.4 cm³/mol. The van der Waals surface area contributed by atoms with Gasteiger partial charge in [-0.1, -0.05) is 60.7 Å². The summed E-state index contributed by atoms with van der Waals surface area (Å²) in [5.74, 6) is -0.880. The van der Waals surface area contributed by atoms with Crippen molar-refractivity contribution in [1.82, 2.24) is 9.55 Å². The van der Waals surface area contributed by atoms with Gasteiger partial charge in [-0.25, -0.2) is 9.78 Å². The fourth-order valence-electron chi connectivity index (χ4n) is 2.46. The topological polar surface area (TPSA) is 55.1 Å². The Morgan fingerprint density at radius 1 is 1.00 bits per heavy atom. The Morgan fingerprint density at radius 3 is 2.09 bits per heavy atom. The number of benzene rings is 2. The van der Waals surface area contributed by atoms with Crippen LogP contribution in [0.1, 0.15) is 13.0 Å². The number of rotatable bonds is 4. The van der Waals surface area contributed by atoms with E-state index in [9.17, 15) is 9.90 Å². The lowest BCUT2D eigenvalue weighted by molar-refractivity contribution is -0.140. The molecule has 0 aliphatic rings. The zero-order valence-corrected chi connectivity index (χ0v) is 12.2. The van der Waals surface area contributed by atoms with Crippen LogP contribution in [0.25, 0.3) is 22.5 Å². The van der Waals surface area contributed by atoms with Crippen LogP contribution < -0.4 is 0 Å². The predicted octanol–water partition coefficient (Wildman–Crippen LogP) is 3.86. The third-order valence-electron chi connectivity index (χ3n) is 3.66. The smallest absolute Gasteiger partial charge is 0.326 e. The Morgan fingerprint density at radius 2 is 1.55 bits per heavy atom. The quantitative estimate of drug-likeness (QED) is 0.794. The van der Waals surface area contributed by atoms with Gasteiger partial charge in [-0.2, -0.15) is 0 Å². The van der Waals surface area contributed by atoms with Crippen molar-refractivity contribution in [3.8, 4) is 22.5 Å². The summed E-state index contributed by atoms with van der Waals surface area (Å²) in [6, 6.07) is 18.9. The van der Waals surface area contributed by atoms with Gasteiger partial charge in [-0.05, 0) is 6.92 Å². The Balaban J connectivity index is 2.22. The van der Waals surface area contributed by atoms with E-state index in [1.54, 1.807) is 17.8 Å². The van der Waals surface area contributed by atoms with Gasteiger partial charge in [0, 0.05) is 11.1 Å². The van der Waals surface area contributed by atoms with E-state index in [2.05, 4.69) is 4.98 Å². The second-order valence-corrected chi connectivity index (χ2v) is 5.10. The highest BCUT2D eigenvalue weighted by Gasteiger charge is 2.21. The molecule has 1 aromatic heterocycles. The summed E-state index contributed by atoms with van der Waals surface area (Å²) in [6.07, 6.45) is 1.60. The Kier molecular flexibility index (Phi) is 3.74. The number of hydrogen-bond acceptors (Lipinski definition) is 2. The number of aliphatic carboxylic acids is 1. The van der Waals surface area contributed by atoms with Crippen molar-refractivity contribution >= 4 is 5.97 Å². The first kappa shape index (κ1) is 14.1. The summed E-state index contributed by atoms with van der Waals surface area (Å²) in [6.45, 7) is 1.66. The Labute approximate surface area is 128 Å². The van der Waals surface area contributed by atoms with E-state index < -0.39 is 12.0 Å². The van der Waals surface area contributed by atoms with Gasteiger partial charge in [0.15, 0.2) is 0 Å². The average Bonchev–Trinajstić information content (AvgIpc) is 3.00. The molecule has 3 aromatic rings. The lowest BCUT2D eigenvalue weighted by Gasteiger charge is -2.14. The van der Waals surface area contributed by atoms with Crippen molar-refractivity contribution in [1.29, 1.82) is 0 Å². The minimum atomic E-state index is -0.880. The fraction of sp³-hybridized carbons (Fsp3) is 0.111. The van der Waals surface area contributed by atoms with Crippen molar-refractivity contribution in [3.63, 3.8) is 0 Å². The first-order chi connectivity index (χ1) is 10.7. The maximum atomic E-state index is 11.4. The van der Waals surface area contributed by atoms with Crippen LogP contribution in [-0.4, -0.2) is 20.6 Å². The van der Waals surface area contributed by atoms with Gasteiger partial charge in [0.05, 0.1) is 17.7 Å². The van der Waals surface area contributed by atoms with Crippen molar-refractivity contribution in [2.75, 3.05) is 0 Å². The Bertz CT molecular complexity index is 779. The van der Waals surface area contributed by atoms with E-state index in [1.165, 1.54) is 0 Å². The van der Waals surface area contributed by atoms with Gasteiger partial charge >= 0.3 is 5.97 Å². The molecule has 1 heterocycles. The second kappa shape index (κ2) is 5.85. The number of aromatic nitrogens is 2. The lowest BCUT2D eigenvalue weighted by Crippen LogP contribution is -2.15. The molecular formula is C18H16N2O2. The molecule has 4 heteroatoms. The van der Waals surface area contributed by atoms with Crippen LogP contribution in [0.2, 0.25) is 0 Å². The number of carbonyl (C=O) groups is 1. The molecule has 1 N–H and O–H groups in total. The zero-order chi connectivity index (χ0) is 15.5. The maximum absolute atomic E-state index is 11.4. The van der Waals surface area contributed by atoms with Crippen LogP contribution in [0.3, 0.4) is 0 Å². The summed E-state index contributed by atoms with van der Waals surface area (Å²) in [5.41, 5.74) is 3.53. The third-order valence-corrected chi connectivity index (χ3v) is 3.66. The molecule has 0 amide bonds. The van der Waals surface area contributed by atoms with E-state index in [4.69, 9.17) is 0 Å². The van der Waals surface area contributed by atoms with Crippen molar-refractivity contribution in [3.05, 3.63) is 67.0 Å². The number of hydrogen-bond donors (Lipinski definition) is 1. The van der Waals surface area contributed by atoms with Crippen LogP contribution in [0, 0.1) is 0 Å². The van der Waals surface area contributed by atoms with Crippen LogP contribution in [0.5, 0.6) is 0 Å². The largest absolute Gasteiger partial charge is 0.480 e. The maximum Gasteiger partial charge on any atom is 0.326 e. The molecule has 3 rings (SSSR count). The van der Waals surface area contributed by atoms with Crippen LogP contribution >= 0.6 is 0 Å². The molecule has 0 spiro atoms. The molecule has 0 fully saturated rings. The molecular weight excluding hydrogens is 276 g/mol. The minimum Gasteiger partial charge on any atom is -0.480 e. The van der Waals surface area contributed by atoms with E-state index in [-0.39, 0.29) is 0 Å². The van der Waals surface area contributed by atoms with E-state index >= 15 is 0 Å². The average molecular weight is 292 g/mol. The molecule has 0 aliphatic carbocycles. The molecule has 0 radical (unpaired) electrons.